The van der Waals surface area contributed by atoms with Crippen LogP contribution >= 0.6 is 0 Å². The van der Waals surface area contributed by atoms with Crippen LogP contribution in [0.1, 0.15) is 23.4 Å². The minimum absolute atomic E-state index is 0.0972. The van der Waals surface area contributed by atoms with E-state index in [0.717, 1.165) is 11.3 Å². The van der Waals surface area contributed by atoms with Crippen molar-refractivity contribution >= 4 is 5.91 Å². The second-order valence-corrected chi connectivity index (χ2v) is 4.27. The van der Waals surface area contributed by atoms with E-state index in [1.54, 1.807) is 12.1 Å². The minimum Gasteiger partial charge on any atom is -0.446 e. The number of aromatic nitrogens is 1. The molecule has 1 amide bonds. The first-order valence-corrected chi connectivity index (χ1v) is 6.05. The number of aryl methyl sites for hydroxylation is 2. The zero-order valence-corrected chi connectivity index (χ0v) is 10.6. The third kappa shape index (κ3) is 3.91. The van der Waals surface area contributed by atoms with Crippen molar-refractivity contribution in [3.05, 3.63) is 53.5 Å². The molecule has 1 N–H and O–H groups in total. The Morgan fingerprint density at radius 2 is 2.32 bits per heavy atom. The summed E-state index contributed by atoms with van der Waals surface area (Å²) in [4.78, 5) is 15.6. The second-order valence-electron chi connectivity index (χ2n) is 4.27. The highest BCUT2D eigenvalue weighted by Crippen LogP contribution is 2.07. The van der Waals surface area contributed by atoms with Gasteiger partial charge in [0.25, 0.3) is 0 Å². The number of benzene rings is 1. The van der Waals surface area contributed by atoms with Gasteiger partial charge in [-0.3, -0.25) is 4.79 Å². The lowest BCUT2D eigenvalue weighted by Gasteiger charge is -2.04. The van der Waals surface area contributed by atoms with Gasteiger partial charge < -0.3 is 9.73 Å². The molecule has 1 aromatic carbocycles. The summed E-state index contributed by atoms with van der Waals surface area (Å²) in [5, 5.41) is 2.74. The molecule has 0 spiro atoms. The molecular formula is C14H15FN2O2. The van der Waals surface area contributed by atoms with Crippen molar-refractivity contribution in [2.75, 3.05) is 0 Å². The van der Waals surface area contributed by atoms with Crippen LogP contribution in [0.25, 0.3) is 0 Å². The first-order chi connectivity index (χ1) is 9.15. The summed E-state index contributed by atoms with van der Waals surface area (Å²) in [6.45, 7) is 2.14. The van der Waals surface area contributed by atoms with E-state index in [1.807, 2.05) is 6.92 Å². The van der Waals surface area contributed by atoms with Crippen LogP contribution in [-0.2, 0) is 17.8 Å². The Bertz CT molecular complexity index is 566. The van der Waals surface area contributed by atoms with Gasteiger partial charge >= 0.3 is 0 Å². The molecule has 0 saturated heterocycles. The Kier molecular flexibility index (Phi) is 4.28. The molecule has 19 heavy (non-hydrogen) atoms. The van der Waals surface area contributed by atoms with Gasteiger partial charge in [0.15, 0.2) is 6.39 Å². The van der Waals surface area contributed by atoms with Crippen molar-refractivity contribution < 1.29 is 13.6 Å². The Labute approximate surface area is 110 Å². The Hall–Kier alpha value is -2.17. The van der Waals surface area contributed by atoms with Gasteiger partial charge in [0.2, 0.25) is 5.91 Å². The van der Waals surface area contributed by atoms with Gasteiger partial charge in [-0.1, -0.05) is 12.1 Å². The predicted molar refractivity (Wildman–Crippen MR) is 67.8 cm³/mol. The Morgan fingerprint density at radius 1 is 1.47 bits per heavy atom. The van der Waals surface area contributed by atoms with Gasteiger partial charge in [-0.2, -0.15) is 0 Å². The van der Waals surface area contributed by atoms with Gasteiger partial charge in [-0.15, -0.1) is 0 Å². The smallest absolute Gasteiger partial charge is 0.220 e. The number of nitrogens with one attached hydrogen (secondary N) is 1. The molecule has 0 unspecified atom stereocenters. The van der Waals surface area contributed by atoms with Crippen molar-refractivity contribution in [3.8, 4) is 0 Å². The average Bonchev–Trinajstić information content (AvgIpc) is 2.80. The molecule has 2 aromatic rings. The van der Waals surface area contributed by atoms with Crippen LogP contribution in [0.2, 0.25) is 0 Å². The summed E-state index contributed by atoms with van der Waals surface area (Å²) in [6.07, 6.45) is 2.18. The molecular weight excluding hydrogens is 247 g/mol. The predicted octanol–water partition coefficient (Wildman–Crippen LogP) is 2.37. The maximum absolute atomic E-state index is 13.0. The zero-order valence-electron chi connectivity index (χ0n) is 10.6. The molecule has 0 bridgehead atoms. The van der Waals surface area contributed by atoms with E-state index in [0.29, 0.717) is 25.1 Å². The van der Waals surface area contributed by atoms with Crippen molar-refractivity contribution in [1.82, 2.24) is 10.3 Å². The van der Waals surface area contributed by atoms with Gasteiger partial charge in [-0.05, 0) is 31.0 Å². The number of nitrogens with zero attached hydrogens (tertiary/aromatic N) is 1. The maximum atomic E-state index is 13.0. The van der Waals surface area contributed by atoms with Crippen LogP contribution in [0.4, 0.5) is 4.39 Å². The molecule has 4 nitrogen and oxygen atoms in total. The van der Waals surface area contributed by atoms with Crippen LogP contribution < -0.4 is 5.32 Å². The number of oxazole rings is 1. The van der Waals surface area contributed by atoms with E-state index in [2.05, 4.69) is 10.3 Å². The van der Waals surface area contributed by atoms with E-state index in [9.17, 15) is 9.18 Å². The summed E-state index contributed by atoms with van der Waals surface area (Å²) in [5.74, 6) is 0.273. The summed E-state index contributed by atoms with van der Waals surface area (Å²) in [5.41, 5.74) is 1.58. The highest BCUT2D eigenvalue weighted by atomic mass is 19.1. The Morgan fingerprint density at radius 3 is 3.00 bits per heavy atom. The molecule has 0 aliphatic heterocycles. The number of amides is 1. The quantitative estimate of drug-likeness (QED) is 0.900. The minimum atomic E-state index is -0.282. The molecule has 1 aromatic heterocycles. The monoisotopic (exact) mass is 262 g/mol. The largest absolute Gasteiger partial charge is 0.446 e. The molecule has 100 valence electrons. The normalized spacial score (nSPS) is 10.4. The van der Waals surface area contributed by atoms with Gasteiger partial charge in [0.05, 0.1) is 12.2 Å². The molecule has 1 heterocycles. The first-order valence-electron chi connectivity index (χ1n) is 6.05. The van der Waals surface area contributed by atoms with Crippen LogP contribution in [0.15, 0.2) is 35.1 Å². The Balaban J connectivity index is 1.77. The lowest BCUT2D eigenvalue weighted by atomic mass is 10.1. The lowest BCUT2D eigenvalue weighted by molar-refractivity contribution is -0.121. The van der Waals surface area contributed by atoms with Crippen molar-refractivity contribution in [2.24, 2.45) is 0 Å². The third-order valence-corrected chi connectivity index (χ3v) is 2.82. The first kappa shape index (κ1) is 13.3. The summed E-state index contributed by atoms with van der Waals surface area (Å²) >= 11 is 0. The van der Waals surface area contributed by atoms with Crippen molar-refractivity contribution in [3.63, 3.8) is 0 Å². The van der Waals surface area contributed by atoms with Crippen LogP contribution in [0, 0.1) is 12.7 Å². The molecule has 0 radical (unpaired) electrons. The molecule has 5 heteroatoms. The number of carbonyl (C=O) groups is 1. The molecule has 0 aliphatic carbocycles. The summed E-state index contributed by atoms with van der Waals surface area (Å²) < 4.78 is 18.1. The maximum Gasteiger partial charge on any atom is 0.220 e. The van der Waals surface area contributed by atoms with Crippen molar-refractivity contribution in [2.45, 2.75) is 26.3 Å². The van der Waals surface area contributed by atoms with Gasteiger partial charge in [-0.25, -0.2) is 9.37 Å². The van der Waals surface area contributed by atoms with Gasteiger partial charge in [0.1, 0.15) is 11.6 Å². The van der Waals surface area contributed by atoms with E-state index in [4.69, 9.17) is 4.42 Å². The van der Waals surface area contributed by atoms with Gasteiger partial charge in [0, 0.05) is 6.42 Å². The highest BCUT2D eigenvalue weighted by Gasteiger charge is 2.06. The fraction of sp³-hybridized carbons (Fsp3) is 0.286. The fourth-order valence-electron chi connectivity index (χ4n) is 1.71. The topological polar surface area (TPSA) is 55.1 Å². The van der Waals surface area contributed by atoms with Crippen molar-refractivity contribution in [1.29, 1.82) is 0 Å². The van der Waals surface area contributed by atoms with E-state index < -0.39 is 0 Å². The summed E-state index contributed by atoms with van der Waals surface area (Å²) in [7, 11) is 0. The molecule has 0 aliphatic rings. The molecule has 0 fully saturated rings. The van der Waals surface area contributed by atoms with E-state index >= 15 is 0 Å². The number of rotatable bonds is 5. The molecule has 0 saturated carbocycles. The SMILES string of the molecule is Cc1ncoc1CNC(=O)CCc1cccc(F)c1. The van der Waals surface area contributed by atoms with E-state index in [1.165, 1.54) is 18.5 Å². The number of carbonyl (C=O) groups excluding carboxylic acids is 1. The second kappa shape index (κ2) is 6.13. The average molecular weight is 262 g/mol. The van der Waals surface area contributed by atoms with Crippen LogP contribution in [-0.4, -0.2) is 10.9 Å². The van der Waals surface area contributed by atoms with Crippen LogP contribution in [0.5, 0.6) is 0 Å². The zero-order chi connectivity index (χ0) is 13.7. The number of halogens is 1. The number of hydrogen-bond donors (Lipinski definition) is 1. The molecule has 0 atom stereocenters. The number of hydrogen-bond acceptors (Lipinski definition) is 3. The fourth-order valence-corrected chi connectivity index (χ4v) is 1.71. The third-order valence-electron chi connectivity index (χ3n) is 2.82. The highest BCUT2D eigenvalue weighted by molar-refractivity contribution is 5.76. The van der Waals surface area contributed by atoms with Crippen LogP contribution in [0.3, 0.4) is 0 Å². The standard InChI is InChI=1S/C14H15FN2O2/c1-10-13(19-9-17-10)8-16-14(18)6-5-11-3-2-4-12(15)7-11/h2-4,7,9H,5-6,8H2,1H3,(H,16,18). The van der Waals surface area contributed by atoms with E-state index in [-0.39, 0.29) is 11.7 Å². The molecule has 2 rings (SSSR count). The summed E-state index contributed by atoms with van der Waals surface area (Å²) in [6, 6.07) is 6.27. The lowest BCUT2D eigenvalue weighted by Crippen LogP contribution is -2.23.